The number of amides is 1. The first-order chi connectivity index (χ1) is 18.5. The van der Waals surface area contributed by atoms with Crippen molar-refractivity contribution in [1.82, 2.24) is 4.90 Å². The average Bonchev–Trinajstić information content (AvgIpc) is 2.94. The van der Waals surface area contributed by atoms with Crippen LogP contribution in [0, 0.1) is 0 Å². The van der Waals surface area contributed by atoms with Gasteiger partial charge in [0.2, 0.25) is 5.91 Å². The minimum atomic E-state index is -0.262. The Morgan fingerprint density at radius 2 is 1.97 bits per heavy atom. The lowest BCUT2D eigenvalue weighted by Gasteiger charge is -2.34. The van der Waals surface area contributed by atoms with Crippen LogP contribution in [-0.2, 0) is 4.79 Å². The number of nitrogens with one attached hydrogen (secondary N) is 2. The minimum absolute atomic E-state index is 0.262. The summed E-state index contributed by atoms with van der Waals surface area (Å²) < 4.78 is 5.70. The first kappa shape index (κ1) is 26.6. The standard InChI is InChI=1S/C30H34N6O2/c1-5-29(37)34-24-10-6-8-22(18-24)26-11-7-9-23(20-31-2)30(26)33-21-32-27-13-12-25(19-28(27)38-4)36-16-14-35(3)15-17-36/h5-13,18-20,32H,1-2,14-17,21H2,3-4H3,(H,34,37)/b23-20-,33-30?. The van der Waals surface area contributed by atoms with E-state index in [0.29, 0.717) is 12.4 Å². The fourth-order valence-corrected chi connectivity index (χ4v) is 4.42. The third kappa shape index (κ3) is 6.46. The molecule has 8 nitrogen and oxygen atoms in total. The Kier molecular flexibility index (Phi) is 8.89. The Balaban J connectivity index is 1.55. The first-order valence-corrected chi connectivity index (χ1v) is 12.5. The summed E-state index contributed by atoms with van der Waals surface area (Å²) in [6.07, 6.45) is 8.84. The van der Waals surface area contributed by atoms with Crippen molar-refractivity contribution in [2.24, 2.45) is 9.98 Å². The maximum absolute atomic E-state index is 11.8. The lowest BCUT2D eigenvalue weighted by molar-refractivity contribution is -0.111. The molecule has 0 aromatic heterocycles. The van der Waals surface area contributed by atoms with Gasteiger partial charge in [-0.25, -0.2) is 0 Å². The molecular formula is C30H34N6O2. The van der Waals surface area contributed by atoms with Crippen LogP contribution in [0.4, 0.5) is 17.1 Å². The number of hydrogen-bond donors (Lipinski definition) is 2. The Morgan fingerprint density at radius 3 is 2.71 bits per heavy atom. The molecule has 4 rings (SSSR count). The zero-order valence-electron chi connectivity index (χ0n) is 22.0. The van der Waals surface area contributed by atoms with Crippen LogP contribution < -0.4 is 20.3 Å². The number of hydrogen-bond acceptors (Lipinski definition) is 7. The van der Waals surface area contributed by atoms with Gasteiger partial charge in [-0.3, -0.25) is 14.8 Å². The molecule has 1 aliphatic heterocycles. The molecule has 8 heteroatoms. The van der Waals surface area contributed by atoms with Crippen molar-refractivity contribution in [3.63, 3.8) is 0 Å². The number of rotatable bonds is 9. The smallest absolute Gasteiger partial charge is 0.247 e. The Labute approximate surface area is 224 Å². The van der Waals surface area contributed by atoms with E-state index in [2.05, 4.69) is 57.9 Å². The molecule has 0 saturated carbocycles. The molecule has 0 radical (unpaired) electrons. The van der Waals surface area contributed by atoms with Gasteiger partial charge < -0.3 is 25.2 Å². The maximum Gasteiger partial charge on any atom is 0.247 e. The SMILES string of the molecule is C=CC(=O)Nc1cccc(C2=CC=C/C(=C/N=C)C2=NCNc2ccc(N3CCN(C)CC3)cc2OC)c1. The van der Waals surface area contributed by atoms with Crippen molar-refractivity contribution in [2.75, 3.05) is 62.5 Å². The summed E-state index contributed by atoms with van der Waals surface area (Å²) in [4.78, 5) is 25.4. The van der Waals surface area contributed by atoms with E-state index in [1.165, 1.54) is 6.08 Å². The van der Waals surface area contributed by atoms with Crippen LogP contribution in [0.15, 0.2) is 95.1 Å². The molecule has 2 aromatic rings. The summed E-state index contributed by atoms with van der Waals surface area (Å²) in [6, 6.07) is 13.9. The van der Waals surface area contributed by atoms with Gasteiger partial charge in [0.25, 0.3) is 0 Å². The second-order valence-corrected chi connectivity index (χ2v) is 9.00. The highest BCUT2D eigenvalue weighted by Crippen LogP contribution is 2.31. The molecule has 0 bridgehead atoms. The molecule has 1 fully saturated rings. The van der Waals surface area contributed by atoms with E-state index >= 15 is 0 Å². The highest BCUT2D eigenvalue weighted by molar-refractivity contribution is 6.34. The van der Waals surface area contributed by atoms with Gasteiger partial charge in [0.15, 0.2) is 0 Å². The summed E-state index contributed by atoms with van der Waals surface area (Å²) in [5.74, 6) is 0.511. The highest BCUT2D eigenvalue weighted by Gasteiger charge is 2.18. The van der Waals surface area contributed by atoms with E-state index in [4.69, 9.17) is 9.73 Å². The van der Waals surface area contributed by atoms with Crippen LogP contribution in [0.5, 0.6) is 5.75 Å². The lowest BCUT2D eigenvalue weighted by Crippen LogP contribution is -2.44. The number of nitrogens with zero attached hydrogens (tertiary/aromatic N) is 4. The lowest BCUT2D eigenvalue weighted by atomic mass is 9.92. The zero-order valence-corrected chi connectivity index (χ0v) is 22.0. The number of aliphatic imine (C=N–C) groups is 2. The third-order valence-electron chi connectivity index (χ3n) is 6.48. The van der Waals surface area contributed by atoms with Gasteiger partial charge in [-0.1, -0.05) is 36.9 Å². The fraction of sp³-hybridized carbons (Fsp3) is 0.233. The molecule has 0 atom stereocenters. The molecule has 2 aliphatic rings. The van der Waals surface area contributed by atoms with Gasteiger partial charge in [-0.2, -0.15) is 0 Å². The number of carbonyl (C=O) groups excluding carboxylic acids is 1. The van der Waals surface area contributed by atoms with Gasteiger partial charge >= 0.3 is 0 Å². The van der Waals surface area contributed by atoms with E-state index < -0.39 is 0 Å². The molecule has 1 heterocycles. The van der Waals surface area contributed by atoms with Crippen molar-refractivity contribution in [3.05, 3.63) is 90.7 Å². The summed E-state index contributed by atoms with van der Waals surface area (Å²) in [5, 5.41) is 6.21. The summed E-state index contributed by atoms with van der Waals surface area (Å²) in [5.41, 5.74) is 6.14. The molecule has 2 aromatic carbocycles. The topological polar surface area (TPSA) is 81.6 Å². The minimum Gasteiger partial charge on any atom is -0.495 e. The molecule has 1 saturated heterocycles. The Morgan fingerprint density at radius 1 is 1.16 bits per heavy atom. The van der Waals surface area contributed by atoms with Crippen LogP contribution in [0.1, 0.15) is 5.56 Å². The monoisotopic (exact) mass is 510 g/mol. The number of carbonyl (C=O) groups is 1. The zero-order chi connectivity index (χ0) is 26.9. The Hall–Kier alpha value is -4.43. The molecular weight excluding hydrogens is 476 g/mol. The van der Waals surface area contributed by atoms with Gasteiger partial charge in [-0.15, -0.1) is 0 Å². The Bertz CT molecular complexity index is 1320. The molecule has 1 aliphatic carbocycles. The first-order valence-electron chi connectivity index (χ1n) is 12.5. The number of ether oxygens (including phenoxy) is 1. The van der Waals surface area contributed by atoms with Crippen molar-refractivity contribution < 1.29 is 9.53 Å². The molecule has 0 unspecified atom stereocenters. The molecule has 38 heavy (non-hydrogen) atoms. The van der Waals surface area contributed by atoms with Gasteiger partial charge in [-0.05, 0) is 49.7 Å². The van der Waals surface area contributed by atoms with Crippen molar-refractivity contribution in [2.45, 2.75) is 0 Å². The number of benzene rings is 2. The summed E-state index contributed by atoms with van der Waals surface area (Å²) in [7, 11) is 3.83. The predicted molar refractivity (Wildman–Crippen MR) is 159 cm³/mol. The number of anilines is 3. The van der Waals surface area contributed by atoms with E-state index in [0.717, 1.165) is 65.7 Å². The quantitative estimate of drug-likeness (QED) is 0.380. The van der Waals surface area contributed by atoms with Crippen LogP contribution in [0.25, 0.3) is 5.57 Å². The average molecular weight is 511 g/mol. The number of allylic oxidation sites excluding steroid dienone is 5. The van der Waals surface area contributed by atoms with E-state index in [1.54, 1.807) is 13.3 Å². The molecule has 0 spiro atoms. The van der Waals surface area contributed by atoms with Crippen LogP contribution in [0.3, 0.4) is 0 Å². The normalized spacial score (nSPS) is 17.7. The van der Waals surface area contributed by atoms with E-state index in [1.807, 2.05) is 48.6 Å². The number of piperazine rings is 1. The number of methoxy groups -OCH3 is 1. The second kappa shape index (κ2) is 12.7. The predicted octanol–water partition coefficient (Wildman–Crippen LogP) is 4.62. The van der Waals surface area contributed by atoms with Crippen molar-refractivity contribution >= 4 is 41.0 Å². The van der Waals surface area contributed by atoms with Crippen molar-refractivity contribution in [3.8, 4) is 5.75 Å². The van der Waals surface area contributed by atoms with Crippen LogP contribution in [0.2, 0.25) is 0 Å². The van der Waals surface area contributed by atoms with Gasteiger partial charge in [0.1, 0.15) is 12.4 Å². The van der Waals surface area contributed by atoms with E-state index in [9.17, 15) is 4.79 Å². The molecule has 1 amide bonds. The number of likely N-dealkylation sites (N-methyl/N-ethyl adjacent to an activating group) is 1. The second-order valence-electron chi connectivity index (χ2n) is 9.00. The highest BCUT2D eigenvalue weighted by atomic mass is 16.5. The van der Waals surface area contributed by atoms with E-state index in [-0.39, 0.29) is 5.91 Å². The largest absolute Gasteiger partial charge is 0.495 e. The summed E-state index contributed by atoms with van der Waals surface area (Å²) in [6.45, 7) is 11.5. The third-order valence-corrected chi connectivity index (χ3v) is 6.48. The van der Waals surface area contributed by atoms with Gasteiger partial charge in [0, 0.05) is 61.0 Å². The maximum atomic E-state index is 11.8. The van der Waals surface area contributed by atoms with Crippen LogP contribution in [-0.4, -0.2) is 70.2 Å². The van der Waals surface area contributed by atoms with Crippen LogP contribution >= 0.6 is 0 Å². The summed E-state index contributed by atoms with van der Waals surface area (Å²) >= 11 is 0. The fourth-order valence-electron chi connectivity index (χ4n) is 4.42. The molecule has 2 N–H and O–H groups in total. The van der Waals surface area contributed by atoms with Crippen molar-refractivity contribution in [1.29, 1.82) is 0 Å². The molecule has 196 valence electrons. The van der Waals surface area contributed by atoms with Gasteiger partial charge in [0.05, 0.1) is 18.5 Å².